The van der Waals surface area contributed by atoms with Crippen LogP contribution >= 0.6 is 0 Å². The normalized spacial score (nSPS) is 13.1. The zero-order valence-electron chi connectivity index (χ0n) is 13.6. The van der Waals surface area contributed by atoms with Gasteiger partial charge in [-0.3, -0.25) is 0 Å². The standard InChI is InChI=1S/C15H28O6/c1-5-7-9-18-14(16)20-12(3)11-13(4)21-15(17)19-10-8-6-2/h12-13H,5-11H2,1-4H3. The SMILES string of the molecule is CCCCOC(=O)OC(C)CC(C)OC(=O)OCCCC. The van der Waals surface area contributed by atoms with E-state index in [0.29, 0.717) is 19.6 Å². The summed E-state index contributed by atoms with van der Waals surface area (Å²) in [4.78, 5) is 22.7. The van der Waals surface area contributed by atoms with Crippen molar-refractivity contribution in [1.29, 1.82) is 0 Å². The van der Waals surface area contributed by atoms with Crippen LogP contribution in [0, 0.1) is 0 Å². The van der Waals surface area contributed by atoms with E-state index in [0.717, 1.165) is 25.7 Å². The molecule has 0 amide bonds. The molecular weight excluding hydrogens is 276 g/mol. The summed E-state index contributed by atoms with van der Waals surface area (Å²) >= 11 is 0. The van der Waals surface area contributed by atoms with Crippen molar-refractivity contribution < 1.29 is 28.5 Å². The zero-order chi connectivity index (χ0) is 16.1. The Hall–Kier alpha value is -1.46. The first-order valence-electron chi connectivity index (χ1n) is 7.66. The molecule has 0 saturated heterocycles. The molecule has 0 rings (SSSR count). The van der Waals surface area contributed by atoms with E-state index in [-0.39, 0.29) is 0 Å². The molecule has 6 heteroatoms. The van der Waals surface area contributed by atoms with E-state index >= 15 is 0 Å². The van der Waals surface area contributed by atoms with Crippen molar-refractivity contribution >= 4 is 12.3 Å². The molecule has 0 fully saturated rings. The fourth-order valence-corrected chi connectivity index (χ4v) is 1.56. The lowest BCUT2D eigenvalue weighted by atomic mass is 10.2. The fraction of sp³-hybridized carbons (Fsp3) is 0.867. The third kappa shape index (κ3) is 12.0. The van der Waals surface area contributed by atoms with E-state index in [4.69, 9.17) is 18.9 Å². The fourth-order valence-electron chi connectivity index (χ4n) is 1.56. The van der Waals surface area contributed by atoms with Crippen LogP contribution in [0.4, 0.5) is 9.59 Å². The van der Waals surface area contributed by atoms with E-state index in [1.807, 2.05) is 13.8 Å². The van der Waals surface area contributed by atoms with E-state index in [1.165, 1.54) is 0 Å². The predicted molar refractivity (Wildman–Crippen MR) is 78.2 cm³/mol. The van der Waals surface area contributed by atoms with Crippen molar-refractivity contribution in [2.24, 2.45) is 0 Å². The summed E-state index contributed by atoms with van der Waals surface area (Å²) < 4.78 is 19.9. The average molecular weight is 304 g/mol. The van der Waals surface area contributed by atoms with Crippen molar-refractivity contribution in [1.82, 2.24) is 0 Å². The first kappa shape index (κ1) is 19.5. The Kier molecular flexibility index (Phi) is 11.4. The predicted octanol–water partition coefficient (Wildman–Crippen LogP) is 4.06. The van der Waals surface area contributed by atoms with Gasteiger partial charge in [0.2, 0.25) is 0 Å². The Bertz CT molecular complexity index is 264. The minimum Gasteiger partial charge on any atom is -0.434 e. The molecule has 0 aliphatic rings. The van der Waals surface area contributed by atoms with Crippen LogP contribution in [0.15, 0.2) is 0 Å². The molecule has 0 aromatic heterocycles. The number of unbranched alkanes of at least 4 members (excludes halogenated alkanes) is 2. The average Bonchev–Trinajstić information content (AvgIpc) is 2.38. The highest BCUT2D eigenvalue weighted by molar-refractivity contribution is 5.60. The second kappa shape index (κ2) is 12.3. The Morgan fingerprint density at radius 2 is 1.19 bits per heavy atom. The van der Waals surface area contributed by atoms with Gasteiger partial charge in [-0.05, 0) is 26.7 Å². The Morgan fingerprint density at radius 1 is 0.810 bits per heavy atom. The Balaban J connectivity index is 3.79. The highest BCUT2D eigenvalue weighted by atomic mass is 16.7. The molecule has 0 saturated carbocycles. The molecule has 124 valence electrons. The lowest BCUT2D eigenvalue weighted by molar-refractivity contribution is -0.00688. The van der Waals surface area contributed by atoms with Gasteiger partial charge in [0, 0.05) is 6.42 Å². The van der Waals surface area contributed by atoms with Crippen LogP contribution < -0.4 is 0 Å². The minimum atomic E-state index is -0.686. The summed E-state index contributed by atoms with van der Waals surface area (Å²) in [5.41, 5.74) is 0. The van der Waals surface area contributed by atoms with Gasteiger partial charge in [-0.2, -0.15) is 0 Å². The van der Waals surface area contributed by atoms with Crippen LogP contribution in [-0.4, -0.2) is 37.7 Å². The summed E-state index contributed by atoms with van der Waals surface area (Å²) in [6, 6.07) is 0. The molecule has 21 heavy (non-hydrogen) atoms. The lowest BCUT2D eigenvalue weighted by Crippen LogP contribution is -2.24. The number of ether oxygens (including phenoxy) is 4. The number of hydrogen-bond acceptors (Lipinski definition) is 6. The van der Waals surface area contributed by atoms with E-state index < -0.39 is 24.5 Å². The quantitative estimate of drug-likeness (QED) is 0.447. The molecule has 0 N–H and O–H groups in total. The van der Waals surface area contributed by atoms with Crippen LogP contribution in [-0.2, 0) is 18.9 Å². The van der Waals surface area contributed by atoms with Crippen LogP contribution in [0.5, 0.6) is 0 Å². The van der Waals surface area contributed by atoms with Gasteiger partial charge in [0.25, 0.3) is 0 Å². The molecule has 2 unspecified atom stereocenters. The summed E-state index contributed by atoms with van der Waals surface area (Å²) in [5.74, 6) is 0. The summed E-state index contributed by atoms with van der Waals surface area (Å²) in [5, 5.41) is 0. The molecule has 0 aliphatic carbocycles. The van der Waals surface area contributed by atoms with Gasteiger partial charge in [-0.1, -0.05) is 26.7 Å². The maximum absolute atomic E-state index is 11.3. The monoisotopic (exact) mass is 304 g/mol. The number of carbonyl (C=O) groups is 2. The first-order chi connectivity index (χ1) is 9.99. The molecule has 6 nitrogen and oxygen atoms in total. The van der Waals surface area contributed by atoms with E-state index in [1.54, 1.807) is 13.8 Å². The maximum Gasteiger partial charge on any atom is 0.508 e. The molecule has 0 aliphatic heterocycles. The van der Waals surface area contributed by atoms with Crippen molar-refractivity contribution in [2.45, 2.75) is 72.0 Å². The summed E-state index contributed by atoms with van der Waals surface area (Å²) in [6.45, 7) is 8.19. The highest BCUT2D eigenvalue weighted by Gasteiger charge is 2.17. The number of carbonyl (C=O) groups excluding carboxylic acids is 2. The zero-order valence-corrected chi connectivity index (χ0v) is 13.6. The minimum absolute atomic E-state index is 0.359. The van der Waals surface area contributed by atoms with E-state index in [2.05, 4.69) is 0 Å². The first-order valence-corrected chi connectivity index (χ1v) is 7.66. The molecule has 0 bridgehead atoms. The molecule has 2 atom stereocenters. The van der Waals surface area contributed by atoms with Gasteiger partial charge in [0.15, 0.2) is 0 Å². The topological polar surface area (TPSA) is 71.1 Å². The molecule has 0 heterocycles. The number of hydrogen-bond donors (Lipinski definition) is 0. The van der Waals surface area contributed by atoms with Gasteiger partial charge in [0.05, 0.1) is 13.2 Å². The van der Waals surface area contributed by atoms with Crippen molar-refractivity contribution in [3.8, 4) is 0 Å². The third-order valence-corrected chi connectivity index (χ3v) is 2.69. The third-order valence-electron chi connectivity index (χ3n) is 2.69. The van der Waals surface area contributed by atoms with Gasteiger partial charge >= 0.3 is 12.3 Å². The lowest BCUT2D eigenvalue weighted by Gasteiger charge is -2.18. The van der Waals surface area contributed by atoms with Crippen LogP contribution in [0.25, 0.3) is 0 Å². The molecule has 0 spiro atoms. The maximum atomic E-state index is 11.3. The largest absolute Gasteiger partial charge is 0.508 e. The molecular formula is C15H28O6. The number of rotatable bonds is 10. The van der Waals surface area contributed by atoms with Crippen molar-refractivity contribution in [2.75, 3.05) is 13.2 Å². The van der Waals surface area contributed by atoms with Gasteiger partial charge in [0.1, 0.15) is 12.2 Å². The Morgan fingerprint density at radius 3 is 1.52 bits per heavy atom. The van der Waals surface area contributed by atoms with Crippen molar-refractivity contribution in [3.05, 3.63) is 0 Å². The smallest absolute Gasteiger partial charge is 0.434 e. The molecule has 0 aromatic rings. The van der Waals surface area contributed by atoms with Gasteiger partial charge in [-0.25, -0.2) is 9.59 Å². The second-order valence-corrected chi connectivity index (χ2v) is 5.00. The van der Waals surface area contributed by atoms with Crippen LogP contribution in [0.1, 0.15) is 59.8 Å². The molecule has 0 aromatic carbocycles. The van der Waals surface area contributed by atoms with Crippen LogP contribution in [0.2, 0.25) is 0 Å². The Labute approximate surface area is 127 Å². The van der Waals surface area contributed by atoms with Gasteiger partial charge < -0.3 is 18.9 Å². The van der Waals surface area contributed by atoms with Crippen molar-refractivity contribution in [3.63, 3.8) is 0 Å². The summed E-state index contributed by atoms with van der Waals surface area (Å²) in [7, 11) is 0. The second-order valence-electron chi connectivity index (χ2n) is 5.00. The van der Waals surface area contributed by atoms with Crippen LogP contribution in [0.3, 0.4) is 0 Å². The van der Waals surface area contributed by atoms with E-state index in [9.17, 15) is 9.59 Å². The molecule has 0 radical (unpaired) electrons. The highest BCUT2D eigenvalue weighted by Crippen LogP contribution is 2.08. The summed E-state index contributed by atoms with van der Waals surface area (Å²) in [6.07, 6.45) is 1.77. The van der Waals surface area contributed by atoms with Gasteiger partial charge in [-0.15, -0.1) is 0 Å².